The number of nitrogens with zero attached hydrogens (tertiary/aromatic N) is 1. The molecule has 0 saturated carbocycles. The van der Waals surface area contributed by atoms with Gasteiger partial charge in [-0.2, -0.15) is 0 Å². The molecule has 0 unspecified atom stereocenters. The van der Waals surface area contributed by atoms with Crippen molar-refractivity contribution in [1.29, 1.82) is 0 Å². The van der Waals surface area contributed by atoms with Gasteiger partial charge in [-0.25, -0.2) is 4.99 Å². The van der Waals surface area contributed by atoms with Crippen LogP contribution in [0.2, 0.25) is 0 Å². The lowest BCUT2D eigenvalue weighted by Crippen LogP contribution is -2.12. The molecule has 78 valence electrons. The van der Waals surface area contributed by atoms with Crippen LogP contribution in [0.5, 0.6) is 0 Å². The highest BCUT2D eigenvalue weighted by Crippen LogP contribution is 2.21. The zero-order valence-corrected chi connectivity index (χ0v) is 9.17. The maximum absolute atomic E-state index is 5.56. The van der Waals surface area contributed by atoms with Crippen molar-refractivity contribution in [3.8, 4) is 0 Å². The molecule has 15 heavy (non-hydrogen) atoms. The molecule has 1 aromatic heterocycles. The number of aromatic nitrogens is 1. The van der Waals surface area contributed by atoms with Crippen molar-refractivity contribution in [3.63, 3.8) is 0 Å². The lowest BCUT2D eigenvalue weighted by molar-refractivity contribution is 1.30. The number of H-pyrrole nitrogens is 1. The number of hydrogen-bond donors (Lipinski definition) is 2. The number of halogens is 1. The molecule has 0 saturated heterocycles. The zero-order valence-electron chi connectivity index (χ0n) is 8.42. The summed E-state index contributed by atoms with van der Waals surface area (Å²) in [4.78, 5) is 7.43. The molecule has 0 bridgehead atoms. The van der Waals surface area contributed by atoms with E-state index >= 15 is 0 Å². The molecule has 2 rings (SSSR count). The third-order valence-corrected chi connectivity index (χ3v) is 2.42. The highest BCUT2D eigenvalue weighted by molar-refractivity contribution is 6.28. The smallest absolute Gasteiger partial charge is 0.115 e. The Bertz CT molecular complexity index is 514. The summed E-state index contributed by atoms with van der Waals surface area (Å²) in [6.45, 7) is 2.02. The third kappa shape index (κ3) is 2.13. The van der Waals surface area contributed by atoms with Gasteiger partial charge in [-0.15, -0.1) is 11.6 Å². The summed E-state index contributed by atoms with van der Waals surface area (Å²) >= 11 is 5.56. The van der Waals surface area contributed by atoms with E-state index in [1.165, 1.54) is 0 Å². The minimum Gasteiger partial charge on any atom is -0.386 e. The summed E-state index contributed by atoms with van der Waals surface area (Å²) in [5.74, 6) is 0.688. The molecule has 0 spiro atoms. The number of fused-ring (bicyclic) bond motifs is 1. The molecule has 0 radical (unpaired) electrons. The minimum absolute atomic E-state index is 0.254. The van der Waals surface area contributed by atoms with Gasteiger partial charge in [0.2, 0.25) is 0 Å². The molecule has 1 aromatic carbocycles. The fourth-order valence-corrected chi connectivity index (χ4v) is 1.59. The lowest BCUT2D eigenvalue weighted by atomic mass is 10.2. The van der Waals surface area contributed by atoms with E-state index in [-0.39, 0.29) is 5.88 Å². The normalized spacial score (nSPS) is 12.3. The monoisotopic (exact) mass is 221 g/mol. The molecular formula is C11H12ClN3. The Morgan fingerprint density at radius 3 is 3.00 bits per heavy atom. The Balaban J connectivity index is 2.46. The first kappa shape index (κ1) is 10.1. The first-order valence-electron chi connectivity index (χ1n) is 4.67. The van der Waals surface area contributed by atoms with Gasteiger partial charge in [-0.05, 0) is 31.2 Å². The summed E-state index contributed by atoms with van der Waals surface area (Å²) in [5, 5.41) is 1.14. The van der Waals surface area contributed by atoms with E-state index in [0.717, 1.165) is 22.3 Å². The van der Waals surface area contributed by atoms with E-state index < -0.39 is 0 Å². The van der Waals surface area contributed by atoms with Crippen LogP contribution < -0.4 is 5.73 Å². The fourth-order valence-electron chi connectivity index (χ4n) is 1.53. The van der Waals surface area contributed by atoms with E-state index in [1.807, 2.05) is 25.1 Å². The van der Waals surface area contributed by atoms with Gasteiger partial charge in [-0.1, -0.05) is 0 Å². The van der Waals surface area contributed by atoms with Crippen LogP contribution in [-0.4, -0.2) is 16.7 Å². The summed E-state index contributed by atoms with van der Waals surface area (Å²) in [5.41, 5.74) is 8.64. The highest BCUT2D eigenvalue weighted by atomic mass is 35.5. The first-order chi connectivity index (χ1) is 7.19. The topological polar surface area (TPSA) is 54.2 Å². The molecule has 0 aliphatic carbocycles. The zero-order chi connectivity index (χ0) is 10.8. The number of alkyl halides is 1. The van der Waals surface area contributed by atoms with Gasteiger partial charge in [0, 0.05) is 16.6 Å². The number of nitrogens with two attached hydrogens (primary N) is 1. The molecule has 0 amide bonds. The van der Waals surface area contributed by atoms with Gasteiger partial charge in [0.1, 0.15) is 5.84 Å². The molecule has 1 heterocycles. The number of aryl methyl sites for hydroxylation is 1. The molecule has 0 aliphatic heterocycles. The molecule has 0 atom stereocenters. The van der Waals surface area contributed by atoms with Crippen LogP contribution in [0.25, 0.3) is 10.9 Å². The van der Waals surface area contributed by atoms with Gasteiger partial charge in [-0.3, -0.25) is 0 Å². The number of amidine groups is 1. The molecule has 0 fully saturated rings. The van der Waals surface area contributed by atoms with E-state index in [0.29, 0.717) is 5.84 Å². The van der Waals surface area contributed by atoms with Crippen molar-refractivity contribution in [2.75, 3.05) is 5.88 Å². The molecular weight excluding hydrogens is 210 g/mol. The van der Waals surface area contributed by atoms with E-state index in [2.05, 4.69) is 16.0 Å². The first-order valence-corrected chi connectivity index (χ1v) is 5.21. The largest absolute Gasteiger partial charge is 0.386 e. The Morgan fingerprint density at radius 1 is 1.47 bits per heavy atom. The predicted octanol–water partition coefficient (Wildman–Crippen LogP) is 2.70. The number of aliphatic imine (C=N–C) groups is 1. The maximum Gasteiger partial charge on any atom is 0.115 e. The van der Waals surface area contributed by atoms with Gasteiger partial charge in [0.25, 0.3) is 0 Å². The maximum atomic E-state index is 5.56. The van der Waals surface area contributed by atoms with E-state index in [9.17, 15) is 0 Å². The second-order valence-corrected chi connectivity index (χ2v) is 3.73. The van der Waals surface area contributed by atoms with Gasteiger partial charge < -0.3 is 10.7 Å². The Labute approximate surface area is 93.0 Å². The fraction of sp³-hybridized carbons (Fsp3) is 0.182. The molecule has 0 aliphatic rings. The predicted molar refractivity (Wildman–Crippen MR) is 65.0 cm³/mol. The number of hydrogen-bond acceptors (Lipinski definition) is 1. The highest BCUT2D eigenvalue weighted by Gasteiger charge is 1.98. The van der Waals surface area contributed by atoms with Crippen LogP contribution in [0.4, 0.5) is 5.69 Å². The molecule has 2 aromatic rings. The average Bonchev–Trinajstić information content (AvgIpc) is 2.57. The van der Waals surface area contributed by atoms with Crippen LogP contribution >= 0.6 is 11.6 Å². The second-order valence-electron chi connectivity index (χ2n) is 3.46. The van der Waals surface area contributed by atoms with Crippen LogP contribution in [0.3, 0.4) is 0 Å². The Kier molecular flexibility index (Phi) is 2.64. The number of aromatic amines is 1. The summed E-state index contributed by atoms with van der Waals surface area (Å²) in [6, 6.07) is 7.96. The van der Waals surface area contributed by atoms with Crippen molar-refractivity contribution < 1.29 is 0 Å². The minimum atomic E-state index is 0.254. The quantitative estimate of drug-likeness (QED) is 0.457. The van der Waals surface area contributed by atoms with Crippen LogP contribution in [0.15, 0.2) is 29.3 Å². The Hall–Kier alpha value is -1.48. The lowest BCUT2D eigenvalue weighted by Gasteiger charge is -1.96. The van der Waals surface area contributed by atoms with E-state index in [4.69, 9.17) is 17.3 Å². The van der Waals surface area contributed by atoms with Crippen LogP contribution in [0, 0.1) is 6.92 Å². The van der Waals surface area contributed by atoms with Crippen LogP contribution in [-0.2, 0) is 0 Å². The van der Waals surface area contributed by atoms with Crippen molar-refractivity contribution in [1.82, 2.24) is 4.98 Å². The van der Waals surface area contributed by atoms with Crippen molar-refractivity contribution in [2.45, 2.75) is 6.92 Å². The SMILES string of the molecule is Cc1cc2cc(N=C(N)CCl)ccc2[nH]1. The van der Waals surface area contributed by atoms with Crippen molar-refractivity contribution in [2.24, 2.45) is 10.7 Å². The van der Waals surface area contributed by atoms with Gasteiger partial charge >= 0.3 is 0 Å². The number of rotatable bonds is 2. The molecule has 3 nitrogen and oxygen atoms in total. The summed E-state index contributed by atoms with van der Waals surface area (Å²) < 4.78 is 0. The Morgan fingerprint density at radius 2 is 2.27 bits per heavy atom. The standard InChI is InChI=1S/C11H12ClN3/c1-7-4-8-5-9(15-11(13)6-12)2-3-10(8)14-7/h2-5,14H,6H2,1H3,(H2,13,15). The van der Waals surface area contributed by atoms with Gasteiger partial charge in [0.05, 0.1) is 11.6 Å². The summed E-state index contributed by atoms with van der Waals surface area (Å²) in [7, 11) is 0. The second kappa shape index (κ2) is 3.95. The third-order valence-electron chi connectivity index (χ3n) is 2.15. The van der Waals surface area contributed by atoms with E-state index in [1.54, 1.807) is 0 Å². The number of nitrogens with one attached hydrogen (secondary N) is 1. The average molecular weight is 222 g/mol. The van der Waals surface area contributed by atoms with Gasteiger partial charge in [0.15, 0.2) is 0 Å². The molecule has 3 N–H and O–H groups in total. The van der Waals surface area contributed by atoms with Crippen molar-refractivity contribution >= 4 is 34.0 Å². The number of benzene rings is 1. The van der Waals surface area contributed by atoms with Crippen LogP contribution in [0.1, 0.15) is 5.69 Å². The van der Waals surface area contributed by atoms with Crippen molar-refractivity contribution in [3.05, 3.63) is 30.0 Å². The molecule has 4 heteroatoms. The summed E-state index contributed by atoms with van der Waals surface area (Å²) in [6.07, 6.45) is 0.